The fraction of sp³-hybridized carbons (Fsp3) is 0.100. The van der Waals surface area contributed by atoms with Gasteiger partial charge in [0.1, 0.15) is 10.1 Å². The lowest BCUT2D eigenvalue weighted by Crippen LogP contribution is -1.99. The predicted octanol–water partition coefficient (Wildman–Crippen LogP) is 2.86. The summed E-state index contributed by atoms with van der Waals surface area (Å²) < 4.78 is 13.5. The standard InChI is InChI=1S/C10H8ClFN4S/c1-13-10-15-5-7(12)9(16-10)17-8-6(11)3-2-4-14-8/h2-5H,1H3,(H,13,15,16). The van der Waals surface area contributed by atoms with Crippen molar-refractivity contribution in [1.82, 2.24) is 15.0 Å². The molecule has 0 unspecified atom stereocenters. The summed E-state index contributed by atoms with van der Waals surface area (Å²) in [6.07, 6.45) is 2.70. The number of hydrogen-bond donors (Lipinski definition) is 1. The molecule has 0 amide bonds. The molecule has 17 heavy (non-hydrogen) atoms. The van der Waals surface area contributed by atoms with Gasteiger partial charge < -0.3 is 5.32 Å². The molecule has 2 rings (SSSR count). The quantitative estimate of drug-likeness (QED) is 0.869. The molecule has 0 spiro atoms. The maximum Gasteiger partial charge on any atom is 0.223 e. The van der Waals surface area contributed by atoms with E-state index in [1.165, 1.54) is 0 Å². The minimum absolute atomic E-state index is 0.185. The van der Waals surface area contributed by atoms with E-state index in [1.807, 2.05) is 0 Å². The van der Waals surface area contributed by atoms with Gasteiger partial charge in [0.25, 0.3) is 0 Å². The lowest BCUT2D eigenvalue weighted by molar-refractivity contribution is 0.580. The zero-order valence-corrected chi connectivity index (χ0v) is 10.4. The minimum atomic E-state index is -0.504. The average molecular weight is 271 g/mol. The van der Waals surface area contributed by atoms with Crippen LogP contribution in [0.15, 0.2) is 34.6 Å². The van der Waals surface area contributed by atoms with Gasteiger partial charge in [0.05, 0.1) is 11.2 Å². The Hall–Kier alpha value is -1.40. The topological polar surface area (TPSA) is 50.7 Å². The van der Waals surface area contributed by atoms with Crippen LogP contribution in [0.5, 0.6) is 0 Å². The van der Waals surface area contributed by atoms with Crippen LogP contribution >= 0.6 is 23.4 Å². The number of anilines is 1. The van der Waals surface area contributed by atoms with Crippen molar-refractivity contribution in [3.8, 4) is 0 Å². The maximum absolute atomic E-state index is 13.5. The normalized spacial score (nSPS) is 10.3. The van der Waals surface area contributed by atoms with Crippen LogP contribution in [0.25, 0.3) is 0 Å². The van der Waals surface area contributed by atoms with Gasteiger partial charge in [-0.05, 0) is 23.9 Å². The van der Waals surface area contributed by atoms with Crippen molar-refractivity contribution in [3.63, 3.8) is 0 Å². The van der Waals surface area contributed by atoms with Gasteiger partial charge in [0, 0.05) is 13.2 Å². The van der Waals surface area contributed by atoms with Crippen molar-refractivity contribution in [3.05, 3.63) is 35.4 Å². The second kappa shape index (κ2) is 5.29. The number of halogens is 2. The second-order valence-corrected chi connectivity index (χ2v) is 4.37. The number of aromatic nitrogens is 3. The molecule has 0 aromatic carbocycles. The SMILES string of the molecule is CNc1ncc(F)c(Sc2ncccc2Cl)n1. The Morgan fingerprint density at radius 3 is 2.88 bits per heavy atom. The third-order valence-electron chi connectivity index (χ3n) is 1.85. The molecule has 0 atom stereocenters. The lowest BCUT2D eigenvalue weighted by Gasteiger charge is -2.04. The van der Waals surface area contributed by atoms with Gasteiger partial charge in [-0.15, -0.1) is 0 Å². The van der Waals surface area contributed by atoms with Gasteiger partial charge in [-0.2, -0.15) is 0 Å². The smallest absolute Gasteiger partial charge is 0.223 e. The Kier molecular flexibility index (Phi) is 3.75. The molecule has 88 valence electrons. The summed E-state index contributed by atoms with van der Waals surface area (Å²) in [5.74, 6) is -0.156. The van der Waals surface area contributed by atoms with E-state index in [0.717, 1.165) is 18.0 Å². The van der Waals surface area contributed by atoms with Crippen LogP contribution in [-0.4, -0.2) is 22.0 Å². The first kappa shape index (κ1) is 12.1. The fourth-order valence-corrected chi connectivity index (χ4v) is 2.06. The van der Waals surface area contributed by atoms with E-state index in [-0.39, 0.29) is 5.03 Å². The third kappa shape index (κ3) is 2.83. The largest absolute Gasteiger partial charge is 0.357 e. The maximum atomic E-state index is 13.5. The number of nitrogens with one attached hydrogen (secondary N) is 1. The molecule has 0 saturated carbocycles. The summed E-state index contributed by atoms with van der Waals surface area (Å²) in [6, 6.07) is 3.40. The number of rotatable bonds is 3. The summed E-state index contributed by atoms with van der Waals surface area (Å²) in [7, 11) is 1.66. The summed E-state index contributed by atoms with van der Waals surface area (Å²) in [6.45, 7) is 0. The highest BCUT2D eigenvalue weighted by molar-refractivity contribution is 7.99. The molecule has 0 saturated heterocycles. The van der Waals surface area contributed by atoms with Crippen molar-refractivity contribution in [2.75, 3.05) is 12.4 Å². The molecule has 0 bridgehead atoms. The van der Waals surface area contributed by atoms with Gasteiger partial charge in [-0.1, -0.05) is 11.6 Å². The Morgan fingerprint density at radius 1 is 1.35 bits per heavy atom. The predicted molar refractivity (Wildman–Crippen MR) is 64.9 cm³/mol. The van der Waals surface area contributed by atoms with E-state index in [0.29, 0.717) is 16.0 Å². The van der Waals surface area contributed by atoms with Crippen LogP contribution in [0.3, 0.4) is 0 Å². The van der Waals surface area contributed by atoms with E-state index >= 15 is 0 Å². The van der Waals surface area contributed by atoms with Crippen LogP contribution < -0.4 is 5.32 Å². The molecule has 1 N–H and O–H groups in total. The van der Waals surface area contributed by atoms with Crippen LogP contribution in [-0.2, 0) is 0 Å². The number of hydrogen-bond acceptors (Lipinski definition) is 5. The summed E-state index contributed by atoms with van der Waals surface area (Å²) in [5.41, 5.74) is 0. The first-order valence-electron chi connectivity index (χ1n) is 4.69. The van der Waals surface area contributed by atoms with Crippen LogP contribution in [0.2, 0.25) is 5.02 Å². The average Bonchev–Trinajstić information content (AvgIpc) is 2.35. The monoisotopic (exact) mass is 270 g/mol. The second-order valence-electron chi connectivity index (χ2n) is 2.99. The number of pyridine rings is 1. The van der Waals surface area contributed by atoms with Crippen LogP contribution in [0.1, 0.15) is 0 Å². The molecule has 0 aliphatic heterocycles. The number of nitrogens with zero attached hydrogens (tertiary/aromatic N) is 3. The van der Waals surface area contributed by atoms with Crippen molar-refractivity contribution >= 4 is 29.3 Å². The van der Waals surface area contributed by atoms with Gasteiger partial charge in [-0.25, -0.2) is 19.3 Å². The zero-order valence-electron chi connectivity index (χ0n) is 8.82. The van der Waals surface area contributed by atoms with E-state index in [4.69, 9.17) is 11.6 Å². The molecular weight excluding hydrogens is 263 g/mol. The van der Waals surface area contributed by atoms with Gasteiger partial charge in [0.2, 0.25) is 5.95 Å². The molecular formula is C10H8ClFN4S. The molecule has 0 radical (unpaired) electrons. The van der Waals surface area contributed by atoms with Crippen LogP contribution in [0, 0.1) is 5.82 Å². The molecule has 0 aliphatic rings. The van der Waals surface area contributed by atoms with Gasteiger partial charge in [-0.3, -0.25) is 0 Å². The highest BCUT2D eigenvalue weighted by Gasteiger charge is 2.11. The fourth-order valence-electron chi connectivity index (χ4n) is 1.08. The molecule has 0 aliphatic carbocycles. The molecule has 2 aromatic heterocycles. The van der Waals surface area contributed by atoms with Crippen molar-refractivity contribution in [2.45, 2.75) is 10.1 Å². The Morgan fingerprint density at radius 2 is 2.18 bits per heavy atom. The van der Waals surface area contributed by atoms with E-state index < -0.39 is 5.82 Å². The van der Waals surface area contributed by atoms with Crippen molar-refractivity contribution in [1.29, 1.82) is 0 Å². The Balaban J connectivity index is 2.32. The molecule has 0 fully saturated rings. The Bertz CT molecular complexity index is 537. The van der Waals surface area contributed by atoms with E-state index in [1.54, 1.807) is 25.4 Å². The zero-order chi connectivity index (χ0) is 12.3. The molecule has 4 nitrogen and oxygen atoms in total. The van der Waals surface area contributed by atoms with Crippen LogP contribution in [0.4, 0.5) is 10.3 Å². The summed E-state index contributed by atoms with van der Waals surface area (Å²) in [5, 5.41) is 3.89. The van der Waals surface area contributed by atoms with E-state index in [2.05, 4.69) is 20.3 Å². The highest BCUT2D eigenvalue weighted by atomic mass is 35.5. The first-order chi connectivity index (χ1) is 8.20. The van der Waals surface area contributed by atoms with Gasteiger partial charge >= 0.3 is 0 Å². The third-order valence-corrected chi connectivity index (χ3v) is 3.27. The summed E-state index contributed by atoms with van der Waals surface area (Å²) >= 11 is 7.00. The first-order valence-corrected chi connectivity index (χ1v) is 5.89. The lowest BCUT2D eigenvalue weighted by atomic mass is 10.5. The molecule has 2 aromatic rings. The van der Waals surface area contributed by atoms with Crippen molar-refractivity contribution in [2.24, 2.45) is 0 Å². The molecule has 2 heterocycles. The van der Waals surface area contributed by atoms with Gasteiger partial charge in [0.15, 0.2) is 5.82 Å². The summed E-state index contributed by atoms with van der Waals surface area (Å²) in [4.78, 5) is 11.8. The van der Waals surface area contributed by atoms with Crippen molar-refractivity contribution < 1.29 is 4.39 Å². The Labute approximate surface area is 107 Å². The van der Waals surface area contributed by atoms with E-state index in [9.17, 15) is 4.39 Å². The minimum Gasteiger partial charge on any atom is -0.357 e. The highest BCUT2D eigenvalue weighted by Crippen LogP contribution is 2.31. The molecule has 7 heteroatoms.